The SMILES string of the molecule is Cc1ccc(CC(=O)COC(=O)c2cccnc2N)c(F)c1.O=C(COC(=O)Cc1ccccc1F)Nc1ccc(Cl)cn1. The van der Waals surface area contributed by atoms with E-state index in [0.29, 0.717) is 10.8 Å². The van der Waals surface area contributed by atoms with Crippen molar-refractivity contribution in [3.05, 3.63) is 118 Å². The second-order valence-corrected chi connectivity index (χ2v) is 9.60. The van der Waals surface area contributed by atoms with Crippen molar-refractivity contribution in [3.63, 3.8) is 0 Å². The molecule has 0 fully saturated rings. The summed E-state index contributed by atoms with van der Waals surface area (Å²) in [6.07, 6.45) is 2.44. The van der Waals surface area contributed by atoms with Gasteiger partial charge in [0.15, 0.2) is 19.0 Å². The lowest BCUT2D eigenvalue weighted by atomic mass is 10.1. The molecule has 10 nitrogen and oxygen atoms in total. The first-order valence-electron chi connectivity index (χ1n) is 13.0. The van der Waals surface area contributed by atoms with Gasteiger partial charge in [0.1, 0.15) is 28.8 Å². The van der Waals surface area contributed by atoms with Crippen molar-refractivity contribution < 1.29 is 37.4 Å². The molecule has 0 saturated heterocycles. The fourth-order valence-electron chi connectivity index (χ4n) is 3.50. The van der Waals surface area contributed by atoms with Gasteiger partial charge in [0, 0.05) is 18.8 Å². The molecule has 0 bridgehead atoms. The number of nitrogen functional groups attached to an aromatic ring is 1. The topological polar surface area (TPSA) is 151 Å². The number of aryl methyl sites for hydroxylation is 1. The van der Waals surface area contributed by atoms with E-state index in [-0.39, 0.29) is 35.3 Å². The van der Waals surface area contributed by atoms with Gasteiger partial charge in [-0.1, -0.05) is 41.9 Å². The molecule has 4 aromatic rings. The minimum Gasteiger partial charge on any atom is -0.455 e. The number of benzene rings is 2. The molecular weight excluding hydrogens is 598 g/mol. The maximum absolute atomic E-state index is 13.6. The Balaban J connectivity index is 0.000000240. The number of nitrogens with two attached hydrogens (primary N) is 1. The van der Waals surface area contributed by atoms with Crippen LogP contribution in [0.5, 0.6) is 0 Å². The fraction of sp³-hybridized carbons (Fsp3) is 0.161. The highest BCUT2D eigenvalue weighted by Crippen LogP contribution is 2.13. The summed E-state index contributed by atoms with van der Waals surface area (Å²) in [6, 6.07) is 16.6. The third-order valence-electron chi connectivity index (χ3n) is 5.67. The van der Waals surface area contributed by atoms with E-state index >= 15 is 0 Å². The van der Waals surface area contributed by atoms with Crippen molar-refractivity contribution >= 4 is 46.9 Å². The fourth-order valence-corrected chi connectivity index (χ4v) is 3.61. The van der Waals surface area contributed by atoms with E-state index in [1.165, 1.54) is 54.9 Å². The number of nitrogens with one attached hydrogen (secondary N) is 1. The Bertz CT molecular complexity index is 1640. The van der Waals surface area contributed by atoms with Crippen molar-refractivity contribution in [1.82, 2.24) is 9.97 Å². The number of Topliss-reactive ketones (excluding diaryl/α,β-unsaturated/α-hetero) is 1. The first kappa shape index (κ1) is 33.3. The number of halogens is 3. The van der Waals surface area contributed by atoms with E-state index in [4.69, 9.17) is 26.8 Å². The maximum atomic E-state index is 13.6. The van der Waals surface area contributed by atoms with Crippen LogP contribution >= 0.6 is 11.6 Å². The Morgan fingerprint density at radius 1 is 0.864 bits per heavy atom. The first-order valence-corrected chi connectivity index (χ1v) is 13.3. The standard InChI is InChI=1S/C16H15FN2O3.C15H12ClFN2O3/c1-10-4-5-11(14(17)7-10)8-12(20)9-22-16(21)13-3-2-6-19-15(13)18;16-11-5-6-13(18-8-11)19-14(20)9-22-15(21)7-10-3-1-2-4-12(10)17/h2-7H,8-9H2,1H3,(H2,18,19);1-6,8H,7,9H2,(H,18,19,20). The van der Waals surface area contributed by atoms with E-state index in [2.05, 4.69) is 15.3 Å². The van der Waals surface area contributed by atoms with Gasteiger partial charge in [-0.05, 0) is 60.0 Å². The average molecular weight is 625 g/mol. The Labute approximate surface area is 256 Å². The lowest BCUT2D eigenvalue weighted by Gasteiger charge is -2.06. The molecule has 0 aliphatic rings. The molecule has 2 heterocycles. The smallest absolute Gasteiger partial charge is 0.342 e. The summed E-state index contributed by atoms with van der Waals surface area (Å²) in [7, 11) is 0. The molecule has 3 N–H and O–H groups in total. The zero-order valence-corrected chi connectivity index (χ0v) is 24.1. The van der Waals surface area contributed by atoms with Gasteiger partial charge < -0.3 is 20.5 Å². The third-order valence-corrected chi connectivity index (χ3v) is 5.89. The highest BCUT2D eigenvalue weighted by molar-refractivity contribution is 6.30. The van der Waals surface area contributed by atoms with Crippen molar-refractivity contribution in [2.75, 3.05) is 24.3 Å². The molecule has 0 spiro atoms. The van der Waals surface area contributed by atoms with Crippen molar-refractivity contribution in [2.45, 2.75) is 19.8 Å². The third kappa shape index (κ3) is 10.9. The number of nitrogens with zero attached hydrogens (tertiary/aromatic N) is 2. The molecule has 13 heteroatoms. The Hall–Kier alpha value is -5.23. The Morgan fingerprint density at radius 2 is 1.61 bits per heavy atom. The normalized spacial score (nSPS) is 10.2. The van der Waals surface area contributed by atoms with Crippen LogP contribution in [0.2, 0.25) is 5.02 Å². The minimum atomic E-state index is -0.733. The molecule has 0 atom stereocenters. The summed E-state index contributed by atoms with van der Waals surface area (Å²) >= 11 is 5.67. The highest BCUT2D eigenvalue weighted by atomic mass is 35.5. The van der Waals surface area contributed by atoms with Gasteiger partial charge in [0.2, 0.25) is 0 Å². The van der Waals surface area contributed by atoms with Crippen molar-refractivity contribution in [3.8, 4) is 0 Å². The number of ketones is 1. The molecule has 44 heavy (non-hydrogen) atoms. The van der Waals surface area contributed by atoms with Gasteiger partial charge in [0.25, 0.3) is 5.91 Å². The summed E-state index contributed by atoms with van der Waals surface area (Å²) < 4.78 is 36.7. The summed E-state index contributed by atoms with van der Waals surface area (Å²) in [5.41, 5.74) is 6.89. The number of hydrogen-bond donors (Lipinski definition) is 2. The van der Waals surface area contributed by atoms with Crippen LogP contribution in [0.4, 0.5) is 20.4 Å². The number of anilines is 2. The monoisotopic (exact) mass is 624 g/mol. The van der Waals surface area contributed by atoms with Crippen LogP contribution < -0.4 is 11.1 Å². The van der Waals surface area contributed by atoms with Gasteiger partial charge in [-0.25, -0.2) is 23.5 Å². The number of carbonyl (C=O) groups is 4. The number of hydrogen-bond acceptors (Lipinski definition) is 9. The van der Waals surface area contributed by atoms with Crippen LogP contribution in [0.1, 0.15) is 27.0 Å². The molecule has 2 aromatic carbocycles. The van der Waals surface area contributed by atoms with E-state index in [9.17, 15) is 28.0 Å². The largest absolute Gasteiger partial charge is 0.455 e. The Kier molecular flexibility index (Phi) is 12.4. The molecule has 0 radical (unpaired) electrons. The van der Waals surface area contributed by atoms with Crippen LogP contribution in [0.3, 0.4) is 0 Å². The second kappa shape index (κ2) is 16.4. The number of rotatable bonds is 10. The number of pyridine rings is 2. The number of aromatic nitrogens is 2. The zero-order chi connectivity index (χ0) is 32.1. The molecule has 1 amide bonds. The molecule has 0 aliphatic carbocycles. The lowest BCUT2D eigenvalue weighted by Crippen LogP contribution is -2.22. The molecule has 4 rings (SSSR count). The van der Waals surface area contributed by atoms with Gasteiger partial charge in [-0.15, -0.1) is 0 Å². The van der Waals surface area contributed by atoms with E-state index in [1.54, 1.807) is 31.2 Å². The zero-order valence-electron chi connectivity index (χ0n) is 23.4. The second-order valence-electron chi connectivity index (χ2n) is 9.16. The molecule has 0 saturated carbocycles. The predicted molar refractivity (Wildman–Crippen MR) is 158 cm³/mol. The molecule has 0 unspecified atom stereocenters. The van der Waals surface area contributed by atoms with E-state index in [1.807, 2.05) is 0 Å². The minimum absolute atomic E-state index is 0.0320. The number of esters is 2. The summed E-state index contributed by atoms with van der Waals surface area (Å²) in [6.45, 7) is 0.840. The molecule has 228 valence electrons. The Morgan fingerprint density at radius 3 is 2.30 bits per heavy atom. The van der Waals surface area contributed by atoms with Gasteiger partial charge in [-0.2, -0.15) is 0 Å². The van der Waals surface area contributed by atoms with Crippen LogP contribution in [0, 0.1) is 18.6 Å². The summed E-state index contributed by atoms with van der Waals surface area (Å²) in [4.78, 5) is 54.3. The van der Waals surface area contributed by atoms with Crippen LogP contribution in [0.25, 0.3) is 0 Å². The predicted octanol–water partition coefficient (Wildman–Crippen LogP) is 4.68. The summed E-state index contributed by atoms with van der Waals surface area (Å²) in [5.74, 6) is -2.99. The molecule has 0 aliphatic heterocycles. The van der Waals surface area contributed by atoms with Crippen LogP contribution in [0.15, 0.2) is 79.1 Å². The summed E-state index contributed by atoms with van der Waals surface area (Å²) in [5, 5.41) is 2.88. The molecule has 2 aromatic heterocycles. The average Bonchev–Trinajstić information content (AvgIpc) is 2.99. The van der Waals surface area contributed by atoms with Gasteiger partial charge in [-0.3, -0.25) is 14.4 Å². The first-order chi connectivity index (χ1) is 21.0. The highest BCUT2D eigenvalue weighted by Gasteiger charge is 2.15. The lowest BCUT2D eigenvalue weighted by molar-refractivity contribution is -0.146. The van der Waals surface area contributed by atoms with E-state index < -0.39 is 48.5 Å². The number of amides is 1. The van der Waals surface area contributed by atoms with Crippen LogP contribution in [-0.2, 0) is 36.7 Å². The van der Waals surface area contributed by atoms with Crippen molar-refractivity contribution in [1.29, 1.82) is 0 Å². The maximum Gasteiger partial charge on any atom is 0.342 e. The quantitative estimate of drug-likeness (QED) is 0.240. The molecular formula is C31H27ClF2N4O6. The number of carbonyl (C=O) groups excluding carboxylic acids is 4. The van der Waals surface area contributed by atoms with Crippen molar-refractivity contribution in [2.24, 2.45) is 0 Å². The van der Waals surface area contributed by atoms with E-state index in [0.717, 1.165) is 5.56 Å². The number of ether oxygens (including phenoxy) is 2. The van der Waals surface area contributed by atoms with Gasteiger partial charge in [0.05, 0.1) is 11.4 Å². The van der Waals surface area contributed by atoms with Gasteiger partial charge >= 0.3 is 11.9 Å². The van der Waals surface area contributed by atoms with Crippen LogP contribution in [-0.4, -0.2) is 46.8 Å².